The molecule has 3 aromatic rings. The predicted octanol–water partition coefficient (Wildman–Crippen LogP) is 3.96. The summed E-state index contributed by atoms with van der Waals surface area (Å²) in [4.78, 5) is 13.0. The average Bonchev–Trinajstić information content (AvgIpc) is 2.90. The van der Waals surface area contributed by atoms with Crippen molar-refractivity contribution in [2.24, 2.45) is 0 Å². The fraction of sp³-hybridized carbons (Fsp3) is 0.321. The van der Waals surface area contributed by atoms with Gasteiger partial charge in [0.05, 0.1) is 32.3 Å². The quantitative estimate of drug-likeness (QED) is 0.362. The topological polar surface area (TPSA) is 94.2 Å². The molecule has 1 N–H and O–H groups in total. The summed E-state index contributed by atoms with van der Waals surface area (Å²) in [6.45, 7) is 4.25. The zero-order valence-corrected chi connectivity index (χ0v) is 22.5. The van der Waals surface area contributed by atoms with Gasteiger partial charge in [0.1, 0.15) is 5.75 Å². The Bertz CT molecular complexity index is 1300. The van der Waals surface area contributed by atoms with Gasteiger partial charge in [0, 0.05) is 13.1 Å². The zero-order chi connectivity index (χ0) is 26.8. The Morgan fingerprint density at radius 2 is 1.59 bits per heavy atom. The standard InChI is InChI=1S/C28H34N2O6S/c1-5-36-25-14-12-24(17-21(25)2)37(32,33)30(19-23-9-7-6-8-10-23)20-28(31)29-16-15-22-11-13-26(34-3)27(18-22)35-4/h6-14,17-18H,5,15-16,19-20H2,1-4H3,(H,29,31). The average molecular weight is 527 g/mol. The van der Waals surface area contributed by atoms with Gasteiger partial charge in [-0.3, -0.25) is 4.79 Å². The Balaban J connectivity index is 1.74. The minimum atomic E-state index is -3.96. The van der Waals surface area contributed by atoms with E-state index in [4.69, 9.17) is 14.2 Å². The van der Waals surface area contributed by atoms with Crippen molar-refractivity contribution in [1.82, 2.24) is 9.62 Å². The highest BCUT2D eigenvalue weighted by atomic mass is 32.2. The smallest absolute Gasteiger partial charge is 0.243 e. The van der Waals surface area contributed by atoms with Gasteiger partial charge >= 0.3 is 0 Å². The molecular formula is C28H34N2O6S. The van der Waals surface area contributed by atoms with Gasteiger partial charge in [-0.25, -0.2) is 8.42 Å². The van der Waals surface area contributed by atoms with E-state index in [1.807, 2.05) is 55.5 Å². The Morgan fingerprint density at radius 3 is 2.24 bits per heavy atom. The summed E-state index contributed by atoms with van der Waals surface area (Å²) in [5.74, 6) is 1.48. The fourth-order valence-corrected chi connectivity index (χ4v) is 5.33. The number of aryl methyl sites for hydroxylation is 1. The fourth-order valence-electron chi connectivity index (χ4n) is 3.86. The van der Waals surface area contributed by atoms with Crippen molar-refractivity contribution in [3.63, 3.8) is 0 Å². The molecule has 0 aliphatic heterocycles. The maximum absolute atomic E-state index is 13.6. The Hall–Kier alpha value is -3.56. The summed E-state index contributed by atoms with van der Waals surface area (Å²) in [5.41, 5.74) is 2.45. The van der Waals surface area contributed by atoms with Gasteiger partial charge in [-0.1, -0.05) is 36.4 Å². The van der Waals surface area contributed by atoms with E-state index in [1.54, 1.807) is 33.3 Å². The second-order valence-corrected chi connectivity index (χ2v) is 10.3. The van der Waals surface area contributed by atoms with Gasteiger partial charge in [0.15, 0.2) is 11.5 Å². The molecule has 0 aliphatic rings. The molecule has 37 heavy (non-hydrogen) atoms. The monoisotopic (exact) mass is 526 g/mol. The van der Waals surface area contributed by atoms with Crippen molar-refractivity contribution in [1.29, 1.82) is 0 Å². The van der Waals surface area contributed by atoms with Gasteiger partial charge in [0.2, 0.25) is 15.9 Å². The number of hydrogen-bond donors (Lipinski definition) is 1. The maximum Gasteiger partial charge on any atom is 0.243 e. The molecule has 0 heterocycles. The first kappa shape index (κ1) is 28.0. The number of nitrogens with one attached hydrogen (secondary N) is 1. The first-order valence-electron chi connectivity index (χ1n) is 12.0. The van der Waals surface area contributed by atoms with Crippen LogP contribution in [0.2, 0.25) is 0 Å². The van der Waals surface area contributed by atoms with Crippen LogP contribution < -0.4 is 19.5 Å². The second-order valence-electron chi connectivity index (χ2n) is 8.41. The first-order valence-corrected chi connectivity index (χ1v) is 13.5. The molecule has 198 valence electrons. The molecule has 3 rings (SSSR count). The van der Waals surface area contributed by atoms with Crippen LogP contribution in [0.25, 0.3) is 0 Å². The molecule has 0 saturated heterocycles. The predicted molar refractivity (Wildman–Crippen MR) is 143 cm³/mol. The van der Waals surface area contributed by atoms with Crippen LogP contribution in [0.1, 0.15) is 23.6 Å². The van der Waals surface area contributed by atoms with Gasteiger partial charge in [-0.05, 0) is 67.3 Å². The summed E-state index contributed by atoms with van der Waals surface area (Å²) in [6.07, 6.45) is 0.551. The van der Waals surface area contributed by atoms with E-state index in [1.165, 1.54) is 10.4 Å². The number of carbonyl (C=O) groups is 1. The van der Waals surface area contributed by atoms with Crippen LogP contribution >= 0.6 is 0 Å². The van der Waals surface area contributed by atoms with Crippen molar-refractivity contribution >= 4 is 15.9 Å². The van der Waals surface area contributed by atoms with Crippen molar-refractivity contribution in [2.45, 2.75) is 31.7 Å². The third kappa shape index (κ3) is 7.47. The van der Waals surface area contributed by atoms with Crippen molar-refractivity contribution < 1.29 is 27.4 Å². The highest BCUT2D eigenvalue weighted by Gasteiger charge is 2.27. The van der Waals surface area contributed by atoms with E-state index in [9.17, 15) is 13.2 Å². The van der Waals surface area contributed by atoms with E-state index in [0.29, 0.717) is 42.4 Å². The molecular weight excluding hydrogens is 492 g/mol. The molecule has 0 unspecified atom stereocenters. The number of amides is 1. The lowest BCUT2D eigenvalue weighted by Gasteiger charge is -2.22. The van der Waals surface area contributed by atoms with Crippen molar-refractivity contribution in [3.05, 3.63) is 83.4 Å². The highest BCUT2D eigenvalue weighted by molar-refractivity contribution is 7.89. The number of rotatable bonds is 13. The zero-order valence-electron chi connectivity index (χ0n) is 21.7. The van der Waals surface area contributed by atoms with Crippen LogP contribution in [0, 0.1) is 6.92 Å². The molecule has 0 aliphatic carbocycles. The van der Waals surface area contributed by atoms with E-state index < -0.39 is 10.0 Å². The molecule has 8 nitrogen and oxygen atoms in total. The van der Waals surface area contributed by atoms with E-state index in [2.05, 4.69) is 5.32 Å². The van der Waals surface area contributed by atoms with Crippen LogP contribution in [0.4, 0.5) is 0 Å². The number of hydrogen-bond acceptors (Lipinski definition) is 6. The summed E-state index contributed by atoms with van der Waals surface area (Å²) >= 11 is 0. The molecule has 0 atom stereocenters. The van der Waals surface area contributed by atoms with Crippen LogP contribution in [0.5, 0.6) is 17.2 Å². The number of sulfonamides is 1. The molecule has 0 fully saturated rings. The Morgan fingerprint density at radius 1 is 0.892 bits per heavy atom. The number of ether oxygens (including phenoxy) is 3. The van der Waals surface area contributed by atoms with Gasteiger partial charge in [-0.2, -0.15) is 4.31 Å². The Kier molecular flexibility index (Phi) is 9.93. The number of carbonyl (C=O) groups excluding carboxylic acids is 1. The van der Waals surface area contributed by atoms with Crippen LogP contribution in [-0.4, -0.2) is 52.5 Å². The van der Waals surface area contributed by atoms with Crippen LogP contribution in [0.3, 0.4) is 0 Å². The lowest BCUT2D eigenvalue weighted by molar-refractivity contribution is -0.121. The summed E-state index contributed by atoms with van der Waals surface area (Å²) in [7, 11) is -0.818. The van der Waals surface area contributed by atoms with Crippen molar-refractivity contribution in [3.8, 4) is 17.2 Å². The molecule has 0 radical (unpaired) electrons. The minimum absolute atomic E-state index is 0.0680. The third-order valence-electron chi connectivity index (χ3n) is 5.79. The van der Waals surface area contributed by atoms with Crippen LogP contribution in [0.15, 0.2) is 71.6 Å². The van der Waals surface area contributed by atoms with Gasteiger partial charge < -0.3 is 19.5 Å². The normalized spacial score (nSPS) is 11.3. The molecule has 9 heteroatoms. The van der Waals surface area contributed by atoms with Gasteiger partial charge in [-0.15, -0.1) is 0 Å². The van der Waals surface area contributed by atoms with Crippen molar-refractivity contribution in [2.75, 3.05) is 33.9 Å². The first-order chi connectivity index (χ1) is 17.8. The van der Waals surface area contributed by atoms with Gasteiger partial charge in [0.25, 0.3) is 0 Å². The summed E-state index contributed by atoms with van der Waals surface area (Å²) in [6, 6.07) is 19.5. The molecule has 0 aromatic heterocycles. The maximum atomic E-state index is 13.6. The lowest BCUT2D eigenvalue weighted by Crippen LogP contribution is -2.40. The second kappa shape index (κ2) is 13.1. The van der Waals surface area contributed by atoms with E-state index in [0.717, 1.165) is 11.1 Å². The summed E-state index contributed by atoms with van der Waals surface area (Å²) in [5, 5.41) is 2.84. The Labute approximate surface area is 219 Å². The number of methoxy groups -OCH3 is 2. The molecule has 0 saturated carbocycles. The minimum Gasteiger partial charge on any atom is -0.494 e. The summed E-state index contributed by atoms with van der Waals surface area (Å²) < 4.78 is 44.5. The molecule has 1 amide bonds. The van der Waals surface area contributed by atoms with E-state index >= 15 is 0 Å². The van der Waals surface area contributed by atoms with Crippen LogP contribution in [-0.2, 0) is 27.8 Å². The number of benzene rings is 3. The highest BCUT2D eigenvalue weighted by Crippen LogP contribution is 2.28. The number of nitrogens with zero attached hydrogens (tertiary/aromatic N) is 1. The largest absolute Gasteiger partial charge is 0.494 e. The van der Waals surface area contributed by atoms with E-state index in [-0.39, 0.29) is 23.9 Å². The lowest BCUT2D eigenvalue weighted by atomic mass is 10.1. The third-order valence-corrected chi connectivity index (χ3v) is 7.58. The molecule has 0 spiro atoms. The molecule has 3 aromatic carbocycles. The molecule has 0 bridgehead atoms. The SMILES string of the molecule is CCOc1ccc(S(=O)(=O)N(CC(=O)NCCc2ccc(OC)c(OC)c2)Cc2ccccc2)cc1C.